The Hall–Kier alpha value is 0.210. The summed E-state index contributed by atoms with van der Waals surface area (Å²) in [5.74, 6) is 6.64. The van der Waals surface area contributed by atoms with E-state index in [1.54, 1.807) is 0 Å². The van der Waals surface area contributed by atoms with Crippen LogP contribution in [0, 0.1) is 5.92 Å². The Labute approximate surface area is 68.1 Å². The van der Waals surface area contributed by atoms with Crippen molar-refractivity contribution >= 4 is 11.6 Å². The molecule has 10 heavy (non-hydrogen) atoms. The van der Waals surface area contributed by atoms with Gasteiger partial charge in [0.1, 0.15) is 0 Å². The van der Waals surface area contributed by atoms with Crippen LogP contribution in [-0.4, -0.2) is 11.9 Å². The summed E-state index contributed by atoms with van der Waals surface area (Å²) in [6.45, 7) is 4.30. The van der Waals surface area contributed by atoms with E-state index in [2.05, 4.69) is 19.3 Å². The fraction of sp³-hybridized carbons (Fsp3) is 1.00. The number of nitrogens with two attached hydrogens (primary N) is 1. The van der Waals surface area contributed by atoms with Gasteiger partial charge in [-0.05, 0) is 18.8 Å². The van der Waals surface area contributed by atoms with Crippen molar-refractivity contribution in [2.75, 3.05) is 5.88 Å². The summed E-state index contributed by atoms with van der Waals surface area (Å²) < 4.78 is 0. The van der Waals surface area contributed by atoms with Crippen LogP contribution in [0.4, 0.5) is 0 Å². The lowest BCUT2D eigenvalue weighted by Crippen LogP contribution is -2.38. The summed E-state index contributed by atoms with van der Waals surface area (Å²) in [6.07, 6.45) is 2.10. The molecule has 0 bridgehead atoms. The minimum absolute atomic E-state index is 0.416. The van der Waals surface area contributed by atoms with Gasteiger partial charge in [-0.3, -0.25) is 11.3 Å². The lowest BCUT2D eigenvalue weighted by atomic mass is 10.0. The molecule has 0 saturated carbocycles. The number of hydrogen-bond donors (Lipinski definition) is 2. The fourth-order valence-electron chi connectivity index (χ4n) is 0.906. The Morgan fingerprint density at radius 1 is 1.50 bits per heavy atom. The quantitative estimate of drug-likeness (QED) is 0.367. The Morgan fingerprint density at radius 3 is 2.40 bits per heavy atom. The van der Waals surface area contributed by atoms with Crippen molar-refractivity contribution in [1.29, 1.82) is 0 Å². The van der Waals surface area contributed by atoms with Crippen molar-refractivity contribution in [2.24, 2.45) is 11.8 Å². The highest BCUT2D eigenvalue weighted by Gasteiger charge is 2.09. The van der Waals surface area contributed by atoms with Gasteiger partial charge in [-0.1, -0.05) is 13.8 Å². The molecular formula is C7H17ClN2. The second-order valence-electron chi connectivity index (χ2n) is 2.85. The van der Waals surface area contributed by atoms with E-state index < -0.39 is 0 Å². The van der Waals surface area contributed by atoms with E-state index in [1.165, 1.54) is 0 Å². The molecule has 0 spiro atoms. The third-order valence-corrected chi connectivity index (χ3v) is 1.93. The Balaban J connectivity index is 3.40. The Bertz CT molecular complexity index is 76.0. The van der Waals surface area contributed by atoms with Crippen molar-refractivity contribution in [2.45, 2.75) is 32.7 Å². The first kappa shape index (κ1) is 10.2. The van der Waals surface area contributed by atoms with Crippen molar-refractivity contribution in [3.05, 3.63) is 0 Å². The van der Waals surface area contributed by atoms with Crippen LogP contribution in [0.15, 0.2) is 0 Å². The van der Waals surface area contributed by atoms with Gasteiger partial charge in [0.25, 0.3) is 0 Å². The zero-order valence-electron chi connectivity index (χ0n) is 6.73. The van der Waals surface area contributed by atoms with Crippen LogP contribution in [0.5, 0.6) is 0 Å². The molecule has 1 atom stereocenters. The fourth-order valence-corrected chi connectivity index (χ4v) is 1.06. The third kappa shape index (κ3) is 4.09. The van der Waals surface area contributed by atoms with Gasteiger partial charge in [0.05, 0.1) is 0 Å². The molecule has 3 heteroatoms. The SMILES string of the molecule is CC(C)C(CCCCl)NN. The molecule has 0 fully saturated rings. The maximum atomic E-state index is 5.54. The lowest BCUT2D eigenvalue weighted by Gasteiger charge is -2.18. The maximum absolute atomic E-state index is 5.54. The molecule has 0 aromatic carbocycles. The van der Waals surface area contributed by atoms with Gasteiger partial charge < -0.3 is 0 Å². The summed E-state index contributed by atoms with van der Waals surface area (Å²) in [4.78, 5) is 0. The van der Waals surface area contributed by atoms with Gasteiger partial charge in [-0.2, -0.15) is 0 Å². The first-order valence-corrected chi connectivity index (χ1v) is 4.28. The topological polar surface area (TPSA) is 38.0 Å². The summed E-state index contributed by atoms with van der Waals surface area (Å²) in [5.41, 5.74) is 2.78. The third-order valence-electron chi connectivity index (χ3n) is 1.67. The predicted octanol–water partition coefficient (Wildman–Crippen LogP) is 1.49. The molecule has 0 aliphatic carbocycles. The van der Waals surface area contributed by atoms with Gasteiger partial charge in [-0.15, -0.1) is 11.6 Å². The zero-order chi connectivity index (χ0) is 7.98. The molecule has 0 heterocycles. The summed E-state index contributed by atoms with van der Waals surface area (Å²) >= 11 is 5.54. The van der Waals surface area contributed by atoms with Crippen LogP contribution in [0.25, 0.3) is 0 Å². The highest BCUT2D eigenvalue weighted by atomic mass is 35.5. The van der Waals surface area contributed by atoms with Gasteiger partial charge in [0.2, 0.25) is 0 Å². The van der Waals surface area contributed by atoms with Gasteiger partial charge >= 0.3 is 0 Å². The van der Waals surface area contributed by atoms with E-state index in [0.717, 1.165) is 18.7 Å². The molecular weight excluding hydrogens is 148 g/mol. The number of hydrazine groups is 1. The molecule has 62 valence electrons. The van der Waals surface area contributed by atoms with Crippen LogP contribution in [0.1, 0.15) is 26.7 Å². The van der Waals surface area contributed by atoms with Gasteiger partial charge in [0.15, 0.2) is 0 Å². The van der Waals surface area contributed by atoms with Crippen LogP contribution < -0.4 is 11.3 Å². The molecule has 0 rings (SSSR count). The van der Waals surface area contributed by atoms with Crippen LogP contribution in [0.3, 0.4) is 0 Å². The molecule has 0 aromatic rings. The van der Waals surface area contributed by atoms with Crippen LogP contribution >= 0.6 is 11.6 Å². The second-order valence-corrected chi connectivity index (χ2v) is 3.23. The van der Waals surface area contributed by atoms with E-state index in [-0.39, 0.29) is 0 Å². The largest absolute Gasteiger partial charge is 0.271 e. The minimum atomic E-state index is 0.416. The normalized spacial score (nSPS) is 14.1. The first-order valence-electron chi connectivity index (χ1n) is 3.74. The van der Waals surface area contributed by atoms with E-state index >= 15 is 0 Å². The highest BCUT2D eigenvalue weighted by molar-refractivity contribution is 6.17. The average Bonchev–Trinajstić information content (AvgIpc) is 1.89. The lowest BCUT2D eigenvalue weighted by molar-refractivity contribution is 0.382. The van der Waals surface area contributed by atoms with Crippen LogP contribution in [-0.2, 0) is 0 Å². The molecule has 0 amide bonds. The van der Waals surface area contributed by atoms with Crippen molar-refractivity contribution in [3.8, 4) is 0 Å². The summed E-state index contributed by atoms with van der Waals surface area (Å²) in [6, 6.07) is 0.416. The Morgan fingerprint density at radius 2 is 2.10 bits per heavy atom. The number of halogens is 1. The van der Waals surface area contributed by atoms with Gasteiger partial charge in [0, 0.05) is 11.9 Å². The molecule has 0 aliphatic heterocycles. The molecule has 1 unspecified atom stereocenters. The molecule has 0 aliphatic rings. The average molecular weight is 165 g/mol. The summed E-state index contributed by atoms with van der Waals surface area (Å²) in [7, 11) is 0. The zero-order valence-corrected chi connectivity index (χ0v) is 7.49. The van der Waals surface area contributed by atoms with Gasteiger partial charge in [-0.25, -0.2) is 0 Å². The van der Waals surface area contributed by atoms with E-state index in [1.807, 2.05) is 0 Å². The molecule has 2 nitrogen and oxygen atoms in total. The maximum Gasteiger partial charge on any atom is 0.0233 e. The van der Waals surface area contributed by atoms with E-state index in [0.29, 0.717) is 12.0 Å². The minimum Gasteiger partial charge on any atom is -0.271 e. The monoisotopic (exact) mass is 164 g/mol. The number of rotatable bonds is 5. The highest BCUT2D eigenvalue weighted by Crippen LogP contribution is 2.07. The molecule has 0 saturated heterocycles. The van der Waals surface area contributed by atoms with Crippen molar-refractivity contribution in [1.82, 2.24) is 5.43 Å². The number of hydrogen-bond acceptors (Lipinski definition) is 2. The first-order chi connectivity index (χ1) is 4.72. The van der Waals surface area contributed by atoms with E-state index in [4.69, 9.17) is 17.4 Å². The number of alkyl halides is 1. The van der Waals surface area contributed by atoms with Crippen molar-refractivity contribution < 1.29 is 0 Å². The number of nitrogens with one attached hydrogen (secondary N) is 1. The Kier molecular flexibility index (Phi) is 6.08. The second kappa shape index (κ2) is 5.96. The summed E-state index contributed by atoms with van der Waals surface area (Å²) in [5, 5.41) is 0. The van der Waals surface area contributed by atoms with Crippen molar-refractivity contribution in [3.63, 3.8) is 0 Å². The van der Waals surface area contributed by atoms with E-state index in [9.17, 15) is 0 Å². The molecule has 0 aromatic heterocycles. The van der Waals surface area contributed by atoms with Crippen LogP contribution in [0.2, 0.25) is 0 Å². The standard InChI is InChI=1S/C7H17ClN2/c1-6(2)7(10-9)4-3-5-8/h6-7,10H,3-5,9H2,1-2H3. The molecule has 0 radical (unpaired) electrons. The smallest absolute Gasteiger partial charge is 0.0233 e. The predicted molar refractivity (Wildman–Crippen MR) is 45.9 cm³/mol. The molecule has 3 N–H and O–H groups in total.